The van der Waals surface area contributed by atoms with Crippen molar-refractivity contribution in [3.63, 3.8) is 0 Å². The summed E-state index contributed by atoms with van der Waals surface area (Å²) in [6, 6.07) is 17.1. The van der Waals surface area contributed by atoms with E-state index in [-0.39, 0.29) is 17.2 Å². The summed E-state index contributed by atoms with van der Waals surface area (Å²) < 4.78 is 16.8. The summed E-state index contributed by atoms with van der Waals surface area (Å²) in [5.74, 6) is -0.292. The molecule has 1 atom stereocenters. The Morgan fingerprint density at radius 3 is 2.60 bits per heavy atom. The number of nitrogens with two attached hydrogens (primary N) is 1. The maximum Gasteiger partial charge on any atom is 0.340 e. The zero-order valence-corrected chi connectivity index (χ0v) is 16.7. The molecule has 4 rings (SSSR count). The van der Waals surface area contributed by atoms with E-state index in [1.165, 1.54) is 7.11 Å². The SMILES string of the molecule is COC(=O)C1=C(N)OC2=C(C(=O)CCC2)[C@H]1c1ccccc1OCc1ccccc1. The zero-order chi connectivity index (χ0) is 21.1. The lowest BCUT2D eigenvalue weighted by atomic mass is 9.77. The predicted molar refractivity (Wildman–Crippen MR) is 110 cm³/mol. The molecule has 0 spiro atoms. The summed E-state index contributed by atoms with van der Waals surface area (Å²) in [6.07, 6.45) is 1.69. The lowest BCUT2D eigenvalue weighted by molar-refractivity contribution is -0.136. The lowest BCUT2D eigenvalue weighted by Gasteiger charge is -2.32. The first-order valence-corrected chi connectivity index (χ1v) is 9.88. The molecule has 0 radical (unpaired) electrons. The molecule has 30 heavy (non-hydrogen) atoms. The molecule has 1 aliphatic heterocycles. The molecule has 154 valence electrons. The summed E-state index contributed by atoms with van der Waals surface area (Å²) in [5, 5.41) is 0. The normalized spacial score (nSPS) is 18.6. The van der Waals surface area contributed by atoms with Gasteiger partial charge in [0.05, 0.1) is 13.0 Å². The van der Waals surface area contributed by atoms with Gasteiger partial charge >= 0.3 is 5.97 Å². The molecule has 0 unspecified atom stereocenters. The molecular formula is C24H23NO5. The summed E-state index contributed by atoms with van der Waals surface area (Å²) in [5.41, 5.74) is 8.41. The number of ether oxygens (including phenoxy) is 3. The van der Waals surface area contributed by atoms with Crippen LogP contribution in [0.5, 0.6) is 5.75 Å². The third-order valence-electron chi connectivity index (χ3n) is 5.36. The van der Waals surface area contributed by atoms with Crippen LogP contribution in [0.2, 0.25) is 0 Å². The molecule has 0 amide bonds. The van der Waals surface area contributed by atoms with Gasteiger partial charge < -0.3 is 19.9 Å². The van der Waals surface area contributed by atoms with E-state index in [2.05, 4.69) is 0 Å². The second kappa shape index (κ2) is 8.45. The van der Waals surface area contributed by atoms with Gasteiger partial charge in [0.25, 0.3) is 0 Å². The number of methoxy groups -OCH3 is 1. The van der Waals surface area contributed by atoms with Crippen molar-refractivity contribution in [1.29, 1.82) is 0 Å². The van der Waals surface area contributed by atoms with Crippen LogP contribution < -0.4 is 10.5 Å². The fourth-order valence-electron chi connectivity index (χ4n) is 3.96. The third-order valence-corrected chi connectivity index (χ3v) is 5.36. The van der Waals surface area contributed by atoms with Gasteiger partial charge in [-0.15, -0.1) is 0 Å². The first-order valence-electron chi connectivity index (χ1n) is 9.88. The van der Waals surface area contributed by atoms with E-state index in [0.29, 0.717) is 48.5 Å². The average molecular weight is 405 g/mol. The smallest absolute Gasteiger partial charge is 0.340 e. The minimum absolute atomic E-state index is 0.0295. The Morgan fingerprint density at radius 1 is 1.10 bits per heavy atom. The largest absolute Gasteiger partial charge is 0.489 e. The fourth-order valence-corrected chi connectivity index (χ4v) is 3.96. The molecule has 0 aromatic heterocycles. The molecule has 6 heteroatoms. The highest BCUT2D eigenvalue weighted by molar-refractivity contribution is 6.03. The summed E-state index contributed by atoms with van der Waals surface area (Å²) in [7, 11) is 1.28. The van der Waals surface area contributed by atoms with Crippen LogP contribution in [0, 0.1) is 0 Å². The molecule has 0 saturated carbocycles. The minimum Gasteiger partial charge on any atom is -0.489 e. The highest BCUT2D eigenvalue weighted by atomic mass is 16.5. The third kappa shape index (κ3) is 3.68. The monoisotopic (exact) mass is 405 g/mol. The van der Waals surface area contributed by atoms with Crippen molar-refractivity contribution >= 4 is 11.8 Å². The Balaban J connectivity index is 1.79. The van der Waals surface area contributed by atoms with E-state index in [9.17, 15) is 9.59 Å². The Hall–Kier alpha value is -3.54. The van der Waals surface area contributed by atoms with Gasteiger partial charge in [0.15, 0.2) is 5.78 Å². The number of rotatable bonds is 5. The second-order valence-corrected chi connectivity index (χ2v) is 7.23. The Kier molecular flexibility index (Phi) is 5.57. The predicted octanol–water partition coefficient (Wildman–Crippen LogP) is 3.73. The van der Waals surface area contributed by atoms with Crippen LogP contribution in [0.1, 0.15) is 36.3 Å². The standard InChI is InChI=1S/C24H23NO5/c1-28-24(27)22-20(21-17(26)11-7-13-19(21)30-23(22)25)16-10-5-6-12-18(16)29-14-15-8-3-2-4-9-15/h2-6,8-10,12,20H,7,11,13-14,25H2,1H3/t20-/m1/s1. The number of hydrogen-bond acceptors (Lipinski definition) is 6. The fraction of sp³-hybridized carbons (Fsp3) is 0.250. The number of carbonyl (C=O) groups excluding carboxylic acids is 2. The van der Waals surface area contributed by atoms with E-state index in [1.54, 1.807) is 0 Å². The number of carbonyl (C=O) groups is 2. The molecule has 2 aromatic rings. The molecule has 2 aromatic carbocycles. The number of Topliss-reactive ketones (excluding diaryl/α,β-unsaturated/α-hetero) is 1. The van der Waals surface area contributed by atoms with Gasteiger partial charge in [-0.1, -0.05) is 48.5 Å². The van der Waals surface area contributed by atoms with Gasteiger partial charge in [-0.2, -0.15) is 0 Å². The summed E-state index contributed by atoms with van der Waals surface area (Å²) in [6.45, 7) is 0.355. The van der Waals surface area contributed by atoms with E-state index in [1.807, 2.05) is 54.6 Å². The first-order chi connectivity index (χ1) is 14.6. The lowest BCUT2D eigenvalue weighted by Crippen LogP contribution is -2.31. The topological polar surface area (TPSA) is 87.9 Å². The molecule has 0 saturated heterocycles. The van der Waals surface area contributed by atoms with Crippen LogP contribution in [0.25, 0.3) is 0 Å². The zero-order valence-electron chi connectivity index (χ0n) is 16.7. The van der Waals surface area contributed by atoms with Crippen LogP contribution in [-0.2, 0) is 25.7 Å². The number of allylic oxidation sites excluding steroid dienone is 2. The highest BCUT2D eigenvalue weighted by Crippen LogP contribution is 2.46. The van der Waals surface area contributed by atoms with Crippen LogP contribution in [0.3, 0.4) is 0 Å². The van der Waals surface area contributed by atoms with Crippen LogP contribution in [-0.4, -0.2) is 18.9 Å². The van der Waals surface area contributed by atoms with E-state index in [0.717, 1.165) is 5.56 Å². The Morgan fingerprint density at radius 2 is 1.83 bits per heavy atom. The number of benzene rings is 2. The van der Waals surface area contributed by atoms with Crippen molar-refractivity contribution < 1.29 is 23.8 Å². The van der Waals surface area contributed by atoms with Crippen molar-refractivity contribution in [2.75, 3.05) is 7.11 Å². The van der Waals surface area contributed by atoms with Crippen LogP contribution in [0.4, 0.5) is 0 Å². The van der Waals surface area contributed by atoms with Crippen molar-refractivity contribution in [2.24, 2.45) is 5.73 Å². The summed E-state index contributed by atoms with van der Waals surface area (Å²) in [4.78, 5) is 25.5. The minimum atomic E-state index is -0.694. The quantitative estimate of drug-likeness (QED) is 0.763. The molecule has 6 nitrogen and oxygen atoms in total. The van der Waals surface area contributed by atoms with Gasteiger partial charge in [-0.3, -0.25) is 4.79 Å². The molecule has 1 heterocycles. The van der Waals surface area contributed by atoms with Crippen LogP contribution >= 0.6 is 0 Å². The van der Waals surface area contributed by atoms with Crippen molar-refractivity contribution in [1.82, 2.24) is 0 Å². The molecule has 0 fully saturated rings. The van der Waals surface area contributed by atoms with Crippen LogP contribution in [0.15, 0.2) is 77.4 Å². The Bertz CT molecular complexity index is 1040. The Labute approximate surface area is 174 Å². The molecule has 2 N–H and O–H groups in total. The van der Waals surface area contributed by atoms with Crippen molar-refractivity contribution in [3.8, 4) is 5.75 Å². The number of ketones is 1. The first kappa shape index (κ1) is 19.8. The van der Waals surface area contributed by atoms with E-state index >= 15 is 0 Å². The van der Waals surface area contributed by atoms with Crippen molar-refractivity contribution in [2.45, 2.75) is 31.8 Å². The van der Waals surface area contributed by atoms with Gasteiger partial charge in [0, 0.05) is 24.0 Å². The number of hydrogen-bond donors (Lipinski definition) is 1. The molecule has 1 aliphatic carbocycles. The van der Waals surface area contributed by atoms with Gasteiger partial charge in [0.2, 0.25) is 5.88 Å². The van der Waals surface area contributed by atoms with Gasteiger partial charge in [0.1, 0.15) is 23.7 Å². The van der Waals surface area contributed by atoms with E-state index in [4.69, 9.17) is 19.9 Å². The van der Waals surface area contributed by atoms with Gasteiger partial charge in [-0.05, 0) is 18.1 Å². The maximum absolute atomic E-state index is 12.9. The maximum atomic E-state index is 12.9. The molecule has 2 aliphatic rings. The summed E-state index contributed by atoms with van der Waals surface area (Å²) >= 11 is 0. The molecule has 0 bridgehead atoms. The number of para-hydroxylation sites is 1. The van der Waals surface area contributed by atoms with E-state index < -0.39 is 11.9 Å². The average Bonchev–Trinajstić information content (AvgIpc) is 2.77. The molecular weight excluding hydrogens is 382 g/mol. The van der Waals surface area contributed by atoms with Gasteiger partial charge in [-0.25, -0.2) is 4.79 Å². The van der Waals surface area contributed by atoms with Crippen molar-refractivity contribution in [3.05, 3.63) is 88.5 Å². The number of esters is 1. The highest BCUT2D eigenvalue weighted by Gasteiger charge is 2.42. The second-order valence-electron chi connectivity index (χ2n) is 7.23.